The van der Waals surface area contributed by atoms with Crippen molar-refractivity contribution >= 4 is 45.6 Å². The molecule has 0 atom stereocenters. The number of nitrogens with zero attached hydrogens (tertiary/aromatic N) is 1. The third-order valence-electron chi connectivity index (χ3n) is 3.78. The van der Waals surface area contributed by atoms with Gasteiger partial charge in [-0.05, 0) is 23.8 Å². The van der Waals surface area contributed by atoms with Gasteiger partial charge in [-0.3, -0.25) is 10.1 Å². The van der Waals surface area contributed by atoms with E-state index in [1.807, 2.05) is 6.07 Å². The van der Waals surface area contributed by atoms with Crippen molar-refractivity contribution in [1.82, 2.24) is 4.98 Å². The highest BCUT2D eigenvalue weighted by Crippen LogP contribution is 2.26. The molecule has 3 rings (SSSR count). The predicted molar refractivity (Wildman–Crippen MR) is 96.4 cm³/mol. The van der Waals surface area contributed by atoms with Gasteiger partial charge in [-0.15, -0.1) is 11.3 Å². The van der Waals surface area contributed by atoms with Crippen LogP contribution in [0.5, 0.6) is 0 Å². The molecule has 2 aromatic rings. The van der Waals surface area contributed by atoms with E-state index >= 15 is 0 Å². The minimum Gasteiger partial charge on any atom is -0.370 e. The largest absolute Gasteiger partial charge is 0.370 e. The molecule has 0 radical (unpaired) electrons. The zero-order valence-electron chi connectivity index (χ0n) is 13.0. The Kier molecular flexibility index (Phi) is 6.08. The molecule has 1 fully saturated rings. The number of amides is 1. The minimum absolute atomic E-state index is 0.0198. The fraction of sp³-hybridized carbons (Fsp3) is 0.375. The van der Waals surface area contributed by atoms with E-state index in [1.54, 1.807) is 18.3 Å². The molecule has 0 saturated carbocycles. The Morgan fingerprint density at radius 1 is 1.33 bits per heavy atom. The van der Waals surface area contributed by atoms with Crippen LogP contribution >= 0.6 is 34.5 Å². The van der Waals surface area contributed by atoms with Crippen LogP contribution in [0.15, 0.2) is 24.4 Å². The molecule has 1 aliphatic heterocycles. The molecule has 5 nitrogen and oxygen atoms in total. The Morgan fingerprint density at radius 2 is 2.12 bits per heavy atom. The Hall–Kier alpha value is -1.18. The van der Waals surface area contributed by atoms with Gasteiger partial charge in [-0.25, -0.2) is 4.98 Å². The maximum atomic E-state index is 12.1. The molecule has 0 unspecified atom stereocenters. The van der Waals surface area contributed by atoms with Crippen molar-refractivity contribution in [2.75, 3.05) is 38.2 Å². The molecule has 1 aromatic carbocycles. The van der Waals surface area contributed by atoms with Gasteiger partial charge in [0.2, 0.25) is 0 Å². The van der Waals surface area contributed by atoms with E-state index < -0.39 is 0 Å². The van der Waals surface area contributed by atoms with Gasteiger partial charge in [0, 0.05) is 27.5 Å². The third kappa shape index (κ3) is 4.91. The average molecular weight is 387 g/mol. The summed E-state index contributed by atoms with van der Waals surface area (Å²) in [5, 5.41) is 4.81. The minimum atomic E-state index is -0.0198. The standard InChI is InChI=1S/C16H17Cl2N3O2S/c17-12-1-2-14(18)11(7-12)8-13-9-19-16(24-13)20-15(22)10-21-3-5-23-6-4-21/h1-2,7,9H,3-6,8,10H2,(H,19,20,22)/p+1. The van der Waals surface area contributed by atoms with E-state index in [1.165, 1.54) is 16.2 Å². The first-order valence-corrected chi connectivity index (χ1v) is 9.27. The monoisotopic (exact) mass is 386 g/mol. The van der Waals surface area contributed by atoms with Crippen LogP contribution in [0.2, 0.25) is 10.0 Å². The van der Waals surface area contributed by atoms with Crippen molar-refractivity contribution in [3.8, 4) is 0 Å². The molecule has 0 bridgehead atoms. The van der Waals surface area contributed by atoms with Crippen LogP contribution in [0, 0.1) is 0 Å². The Balaban J connectivity index is 1.57. The molecule has 0 aliphatic carbocycles. The summed E-state index contributed by atoms with van der Waals surface area (Å²) < 4.78 is 5.29. The fourth-order valence-electron chi connectivity index (χ4n) is 2.54. The highest BCUT2D eigenvalue weighted by molar-refractivity contribution is 7.15. The predicted octanol–water partition coefficient (Wildman–Crippen LogP) is 1.89. The molecule has 1 aromatic heterocycles. The van der Waals surface area contributed by atoms with Gasteiger partial charge in [0.15, 0.2) is 11.7 Å². The lowest BCUT2D eigenvalue weighted by Gasteiger charge is -2.22. The van der Waals surface area contributed by atoms with E-state index in [9.17, 15) is 4.79 Å². The van der Waals surface area contributed by atoms with E-state index in [2.05, 4.69) is 10.3 Å². The molecule has 1 saturated heterocycles. The van der Waals surface area contributed by atoms with Crippen molar-refractivity contribution in [2.24, 2.45) is 0 Å². The molecule has 8 heteroatoms. The number of carbonyl (C=O) groups is 1. The van der Waals surface area contributed by atoms with Gasteiger partial charge in [0.1, 0.15) is 13.1 Å². The second kappa shape index (κ2) is 8.27. The van der Waals surface area contributed by atoms with Gasteiger partial charge in [0.25, 0.3) is 5.91 Å². The lowest BCUT2D eigenvalue weighted by atomic mass is 10.1. The summed E-state index contributed by atoms with van der Waals surface area (Å²) in [6, 6.07) is 5.40. The first kappa shape index (κ1) is 17.6. The first-order chi connectivity index (χ1) is 11.6. The van der Waals surface area contributed by atoms with Gasteiger partial charge in [0.05, 0.1) is 13.2 Å². The second-order valence-electron chi connectivity index (χ2n) is 5.63. The number of morpholine rings is 1. The van der Waals surface area contributed by atoms with E-state index in [4.69, 9.17) is 27.9 Å². The second-order valence-corrected chi connectivity index (χ2v) is 7.59. The fourth-order valence-corrected chi connectivity index (χ4v) is 3.77. The summed E-state index contributed by atoms with van der Waals surface area (Å²) in [7, 11) is 0. The first-order valence-electron chi connectivity index (χ1n) is 7.70. The number of quaternary nitrogens is 1. The lowest BCUT2D eigenvalue weighted by Crippen LogP contribution is -3.15. The topological polar surface area (TPSA) is 55.7 Å². The number of nitrogens with one attached hydrogen (secondary N) is 2. The van der Waals surface area contributed by atoms with Crippen molar-refractivity contribution < 1.29 is 14.4 Å². The van der Waals surface area contributed by atoms with Crippen molar-refractivity contribution in [2.45, 2.75) is 6.42 Å². The van der Waals surface area contributed by atoms with Gasteiger partial charge >= 0.3 is 0 Å². The van der Waals surface area contributed by atoms with Crippen molar-refractivity contribution in [3.05, 3.63) is 44.9 Å². The van der Waals surface area contributed by atoms with E-state index in [0.29, 0.717) is 41.4 Å². The van der Waals surface area contributed by atoms with Crippen LogP contribution < -0.4 is 10.2 Å². The maximum absolute atomic E-state index is 12.1. The molecule has 2 heterocycles. The summed E-state index contributed by atoms with van der Waals surface area (Å²) in [6.45, 7) is 3.60. The highest BCUT2D eigenvalue weighted by Gasteiger charge is 2.18. The molecule has 1 aliphatic rings. The van der Waals surface area contributed by atoms with Crippen molar-refractivity contribution in [1.29, 1.82) is 0 Å². The lowest BCUT2D eigenvalue weighted by molar-refractivity contribution is -0.899. The number of hydrogen-bond acceptors (Lipinski definition) is 4. The molecule has 128 valence electrons. The SMILES string of the molecule is O=C(C[NH+]1CCOCC1)Nc1ncc(Cc2cc(Cl)ccc2Cl)s1. The number of thiazole rings is 1. The third-order valence-corrected chi connectivity index (χ3v) is 5.30. The van der Waals surface area contributed by atoms with Gasteiger partial charge in [-0.1, -0.05) is 23.2 Å². The summed E-state index contributed by atoms with van der Waals surface area (Å²) in [6.07, 6.45) is 2.40. The van der Waals surface area contributed by atoms with Crippen LogP contribution in [0.1, 0.15) is 10.4 Å². The summed E-state index contributed by atoms with van der Waals surface area (Å²) in [5.74, 6) is -0.0198. The molecular weight excluding hydrogens is 369 g/mol. The highest BCUT2D eigenvalue weighted by atomic mass is 35.5. The summed E-state index contributed by atoms with van der Waals surface area (Å²) in [5.41, 5.74) is 0.948. The zero-order valence-corrected chi connectivity index (χ0v) is 15.3. The van der Waals surface area contributed by atoms with E-state index in [-0.39, 0.29) is 5.91 Å². The van der Waals surface area contributed by atoms with E-state index in [0.717, 1.165) is 23.5 Å². The van der Waals surface area contributed by atoms with Crippen molar-refractivity contribution in [3.63, 3.8) is 0 Å². The quantitative estimate of drug-likeness (QED) is 0.824. The van der Waals surface area contributed by atoms with Crippen LogP contribution in [0.3, 0.4) is 0 Å². The van der Waals surface area contributed by atoms with Gasteiger partial charge in [-0.2, -0.15) is 0 Å². The number of anilines is 1. The molecular formula is C16H18Cl2N3O2S+. The number of halogens is 2. The van der Waals surface area contributed by atoms with Crippen LogP contribution in [0.4, 0.5) is 5.13 Å². The normalized spacial score (nSPS) is 15.4. The zero-order chi connectivity index (χ0) is 16.9. The number of rotatable bonds is 5. The number of benzene rings is 1. The molecule has 24 heavy (non-hydrogen) atoms. The number of aromatic nitrogens is 1. The Morgan fingerprint density at radius 3 is 2.92 bits per heavy atom. The molecule has 0 spiro atoms. The average Bonchev–Trinajstić information content (AvgIpc) is 2.99. The van der Waals surface area contributed by atoms with Crippen LogP contribution in [-0.4, -0.2) is 43.7 Å². The van der Waals surface area contributed by atoms with Crippen LogP contribution in [0.25, 0.3) is 0 Å². The smallest absolute Gasteiger partial charge is 0.281 e. The number of carbonyl (C=O) groups excluding carboxylic acids is 1. The summed E-state index contributed by atoms with van der Waals surface area (Å²) in [4.78, 5) is 18.6. The van der Waals surface area contributed by atoms with Gasteiger partial charge < -0.3 is 9.64 Å². The summed E-state index contributed by atoms with van der Waals surface area (Å²) >= 11 is 13.7. The molecule has 1 amide bonds. The Bertz CT molecular complexity index is 717. The Labute approximate surface area is 154 Å². The number of ether oxygens (including phenoxy) is 1. The number of hydrogen-bond donors (Lipinski definition) is 2. The maximum Gasteiger partial charge on any atom is 0.281 e. The molecule has 2 N–H and O–H groups in total. The van der Waals surface area contributed by atoms with Crippen LogP contribution in [-0.2, 0) is 16.0 Å².